The van der Waals surface area contributed by atoms with Crippen LogP contribution in [0.25, 0.3) is 11.4 Å². The van der Waals surface area contributed by atoms with E-state index in [9.17, 15) is 4.79 Å². The van der Waals surface area contributed by atoms with Crippen LogP contribution in [0.2, 0.25) is 0 Å². The lowest BCUT2D eigenvalue weighted by atomic mass is 9.94. The number of carbonyl (C=O) groups excluding carboxylic acids is 1. The molecule has 0 aliphatic carbocycles. The first-order valence-corrected chi connectivity index (χ1v) is 8.55. The molecular weight excluding hydrogens is 330 g/mol. The summed E-state index contributed by atoms with van der Waals surface area (Å²) < 4.78 is 1.92. The molecule has 26 heavy (non-hydrogen) atoms. The standard InChI is InChI=1S/C18H19N7O/c1-24-12-22-9-17(24)16-8-19-7-15(23-16)13-3-2-4-25(10-13)18(26)14-5-20-11-21-6-14/h5-9,11-13H,2-4,10H2,1H3/t13-/m1/s1. The summed E-state index contributed by atoms with van der Waals surface area (Å²) in [6.45, 7) is 1.36. The fraction of sp³-hybridized carbons (Fsp3) is 0.333. The fourth-order valence-corrected chi connectivity index (χ4v) is 3.30. The van der Waals surface area contributed by atoms with Crippen LogP contribution in [0, 0.1) is 0 Å². The zero-order chi connectivity index (χ0) is 17.9. The average molecular weight is 349 g/mol. The highest BCUT2D eigenvalue weighted by molar-refractivity contribution is 5.93. The van der Waals surface area contributed by atoms with Crippen LogP contribution in [-0.4, -0.2) is 53.4 Å². The van der Waals surface area contributed by atoms with Gasteiger partial charge < -0.3 is 9.47 Å². The van der Waals surface area contributed by atoms with Gasteiger partial charge in [0.1, 0.15) is 12.0 Å². The summed E-state index contributed by atoms with van der Waals surface area (Å²) in [5, 5.41) is 0. The van der Waals surface area contributed by atoms with Gasteiger partial charge in [-0.15, -0.1) is 0 Å². The maximum Gasteiger partial charge on any atom is 0.257 e. The Bertz CT molecular complexity index is 909. The molecule has 0 radical (unpaired) electrons. The third-order valence-corrected chi connectivity index (χ3v) is 4.67. The Hall–Kier alpha value is -3.16. The second kappa shape index (κ2) is 6.99. The minimum atomic E-state index is -0.0361. The van der Waals surface area contributed by atoms with Crippen molar-refractivity contribution in [3.05, 3.63) is 54.9 Å². The van der Waals surface area contributed by atoms with Crippen LogP contribution in [0.1, 0.15) is 34.8 Å². The van der Waals surface area contributed by atoms with Crippen LogP contribution in [0.4, 0.5) is 0 Å². The fourth-order valence-electron chi connectivity index (χ4n) is 3.30. The van der Waals surface area contributed by atoms with Crippen LogP contribution < -0.4 is 0 Å². The molecule has 0 aromatic carbocycles. The summed E-state index contributed by atoms with van der Waals surface area (Å²) in [6, 6.07) is 0. The molecule has 132 valence electrons. The van der Waals surface area contributed by atoms with E-state index in [2.05, 4.69) is 19.9 Å². The molecule has 4 heterocycles. The van der Waals surface area contributed by atoms with Gasteiger partial charge in [0, 0.05) is 44.6 Å². The number of nitrogens with zero attached hydrogens (tertiary/aromatic N) is 7. The molecule has 8 heteroatoms. The number of amides is 1. The number of imidazole rings is 1. The van der Waals surface area contributed by atoms with Crippen molar-refractivity contribution in [3.8, 4) is 11.4 Å². The highest BCUT2D eigenvalue weighted by Gasteiger charge is 2.27. The molecule has 3 aromatic rings. The Balaban J connectivity index is 1.55. The molecule has 1 saturated heterocycles. The van der Waals surface area contributed by atoms with Gasteiger partial charge in [-0.05, 0) is 12.8 Å². The number of hydrogen-bond donors (Lipinski definition) is 0. The van der Waals surface area contributed by atoms with Gasteiger partial charge >= 0.3 is 0 Å². The molecule has 0 saturated carbocycles. The minimum absolute atomic E-state index is 0.0361. The Morgan fingerprint density at radius 1 is 1.08 bits per heavy atom. The molecule has 8 nitrogen and oxygen atoms in total. The van der Waals surface area contributed by atoms with Crippen molar-refractivity contribution in [2.24, 2.45) is 7.05 Å². The molecule has 0 spiro atoms. The van der Waals surface area contributed by atoms with Gasteiger partial charge in [0.25, 0.3) is 5.91 Å². The average Bonchev–Trinajstić information content (AvgIpc) is 3.14. The first-order valence-electron chi connectivity index (χ1n) is 8.55. The molecule has 1 aliphatic heterocycles. The highest BCUT2D eigenvalue weighted by Crippen LogP contribution is 2.27. The summed E-state index contributed by atoms with van der Waals surface area (Å²) in [5.41, 5.74) is 3.14. The van der Waals surface area contributed by atoms with Gasteiger partial charge in [0.05, 0.1) is 35.7 Å². The number of piperidine rings is 1. The second-order valence-electron chi connectivity index (χ2n) is 6.44. The lowest BCUT2D eigenvalue weighted by Crippen LogP contribution is -2.39. The largest absolute Gasteiger partial charge is 0.338 e. The minimum Gasteiger partial charge on any atom is -0.338 e. The summed E-state index contributed by atoms with van der Waals surface area (Å²) in [6.07, 6.45) is 13.5. The lowest BCUT2D eigenvalue weighted by molar-refractivity contribution is 0.0705. The van der Waals surface area contributed by atoms with E-state index in [0.29, 0.717) is 12.1 Å². The van der Waals surface area contributed by atoms with Gasteiger partial charge in [-0.1, -0.05) is 0 Å². The van der Waals surface area contributed by atoms with Crippen LogP contribution in [0.3, 0.4) is 0 Å². The van der Waals surface area contributed by atoms with Crippen molar-refractivity contribution >= 4 is 5.91 Å². The summed E-state index contributed by atoms with van der Waals surface area (Å²) in [7, 11) is 1.93. The monoisotopic (exact) mass is 349 g/mol. The van der Waals surface area contributed by atoms with Crippen molar-refractivity contribution in [2.75, 3.05) is 13.1 Å². The topological polar surface area (TPSA) is 89.7 Å². The third kappa shape index (κ3) is 3.17. The summed E-state index contributed by atoms with van der Waals surface area (Å²) >= 11 is 0. The van der Waals surface area contributed by atoms with E-state index in [1.807, 2.05) is 16.5 Å². The SMILES string of the molecule is Cn1cncc1-c1cncc([C@@H]2CCCN(C(=O)c3cncnc3)C2)n1. The quantitative estimate of drug-likeness (QED) is 0.715. The third-order valence-electron chi connectivity index (χ3n) is 4.67. The second-order valence-corrected chi connectivity index (χ2v) is 6.44. The number of aromatic nitrogens is 6. The van der Waals surface area contributed by atoms with E-state index in [1.165, 1.54) is 6.33 Å². The van der Waals surface area contributed by atoms with Gasteiger partial charge in [-0.2, -0.15) is 0 Å². The molecule has 1 atom stereocenters. The predicted octanol–water partition coefficient (Wildman–Crippen LogP) is 1.69. The van der Waals surface area contributed by atoms with Gasteiger partial charge in [0.15, 0.2) is 0 Å². The first-order chi connectivity index (χ1) is 12.7. The predicted molar refractivity (Wildman–Crippen MR) is 94.1 cm³/mol. The molecule has 1 amide bonds. The Kier molecular flexibility index (Phi) is 4.39. The van der Waals surface area contributed by atoms with E-state index in [-0.39, 0.29) is 11.8 Å². The number of carbonyl (C=O) groups is 1. The van der Waals surface area contributed by atoms with Crippen LogP contribution in [0.5, 0.6) is 0 Å². The van der Waals surface area contributed by atoms with E-state index < -0.39 is 0 Å². The van der Waals surface area contributed by atoms with Crippen molar-refractivity contribution in [3.63, 3.8) is 0 Å². The molecular formula is C18H19N7O. The molecule has 1 aliphatic rings. The molecule has 3 aromatic heterocycles. The molecule has 0 bridgehead atoms. The summed E-state index contributed by atoms with van der Waals surface area (Å²) in [4.78, 5) is 35.7. The maximum atomic E-state index is 12.7. The molecule has 0 unspecified atom stereocenters. The molecule has 0 N–H and O–H groups in total. The first kappa shape index (κ1) is 16.3. The summed E-state index contributed by atoms with van der Waals surface area (Å²) in [5.74, 6) is 0.129. The van der Waals surface area contributed by atoms with E-state index >= 15 is 0 Å². The Morgan fingerprint density at radius 2 is 1.92 bits per heavy atom. The lowest BCUT2D eigenvalue weighted by Gasteiger charge is -2.32. The molecule has 1 fully saturated rings. The highest BCUT2D eigenvalue weighted by atomic mass is 16.2. The smallest absolute Gasteiger partial charge is 0.257 e. The van der Waals surface area contributed by atoms with Crippen LogP contribution in [0.15, 0.2) is 43.6 Å². The van der Waals surface area contributed by atoms with Crippen molar-refractivity contribution in [1.82, 2.24) is 34.4 Å². The van der Waals surface area contributed by atoms with Gasteiger partial charge in [-0.25, -0.2) is 19.9 Å². The van der Waals surface area contributed by atoms with Crippen molar-refractivity contribution in [2.45, 2.75) is 18.8 Å². The zero-order valence-corrected chi connectivity index (χ0v) is 14.5. The number of hydrogen-bond acceptors (Lipinski definition) is 6. The zero-order valence-electron chi connectivity index (χ0n) is 14.5. The van der Waals surface area contributed by atoms with Crippen LogP contribution >= 0.6 is 0 Å². The Morgan fingerprint density at radius 3 is 2.69 bits per heavy atom. The Labute approximate surface area is 151 Å². The maximum absolute atomic E-state index is 12.7. The van der Waals surface area contributed by atoms with E-state index in [1.54, 1.807) is 37.3 Å². The van der Waals surface area contributed by atoms with Crippen molar-refractivity contribution in [1.29, 1.82) is 0 Å². The van der Waals surface area contributed by atoms with Crippen molar-refractivity contribution < 1.29 is 4.79 Å². The number of likely N-dealkylation sites (tertiary alicyclic amines) is 1. The normalized spacial score (nSPS) is 17.3. The van der Waals surface area contributed by atoms with Gasteiger partial charge in [0.2, 0.25) is 0 Å². The van der Waals surface area contributed by atoms with Gasteiger partial charge in [-0.3, -0.25) is 9.78 Å². The molecule has 4 rings (SSSR count). The van der Waals surface area contributed by atoms with E-state index in [0.717, 1.165) is 36.5 Å². The van der Waals surface area contributed by atoms with E-state index in [4.69, 9.17) is 4.98 Å². The number of rotatable bonds is 3. The number of aryl methyl sites for hydroxylation is 1. The van der Waals surface area contributed by atoms with Crippen LogP contribution in [-0.2, 0) is 7.05 Å².